The molecule has 1 aliphatic rings. The lowest BCUT2D eigenvalue weighted by atomic mass is 10.0. The van der Waals surface area contributed by atoms with Gasteiger partial charge in [-0.15, -0.1) is 11.3 Å². The molecule has 0 spiro atoms. The number of anilines is 1. The minimum absolute atomic E-state index is 0.220. The van der Waals surface area contributed by atoms with Crippen LogP contribution in [0.1, 0.15) is 34.1 Å². The lowest BCUT2D eigenvalue weighted by Gasteiger charge is -2.07. The second-order valence-corrected chi connectivity index (χ2v) is 7.71. The Kier molecular flexibility index (Phi) is 5.16. The second-order valence-electron chi connectivity index (χ2n) is 6.59. The van der Waals surface area contributed by atoms with Crippen molar-refractivity contribution < 1.29 is 14.0 Å². The number of oxime groups is 1. The molecular weight excluding hydrogens is 377 g/mol. The van der Waals surface area contributed by atoms with E-state index in [2.05, 4.69) is 15.5 Å². The Morgan fingerprint density at radius 1 is 1.29 bits per heavy atom. The molecule has 1 unspecified atom stereocenters. The Balaban J connectivity index is 1.36. The molecule has 7 heteroatoms. The summed E-state index contributed by atoms with van der Waals surface area (Å²) in [4.78, 5) is 23.0. The van der Waals surface area contributed by atoms with Gasteiger partial charge in [-0.2, -0.15) is 0 Å². The molecule has 5 nitrogen and oxygen atoms in total. The highest BCUT2D eigenvalue weighted by atomic mass is 32.1. The molecule has 4 rings (SSSR count). The van der Waals surface area contributed by atoms with Crippen molar-refractivity contribution in [2.75, 3.05) is 5.32 Å². The van der Waals surface area contributed by atoms with Gasteiger partial charge in [-0.1, -0.05) is 47.6 Å². The molecule has 0 saturated carbocycles. The Morgan fingerprint density at radius 2 is 2.11 bits per heavy atom. The van der Waals surface area contributed by atoms with E-state index in [1.165, 1.54) is 17.4 Å². The first-order chi connectivity index (χ1) is 13.6. The van der Waals surface area contributed by atoms with E-state index in [4.69, 9.17) is 4.84 Å². The van der Waals surface area contributed by atoms with Crippen LogP contribution in [0.3, 0.4) is 0 Å². The van der Waals surface area contributed by atoms with Crippen LogP contribution in [-0.2, 0) is 16.1 Å². The van der Waals surface area contributed by atoms with E-state index >= 15 is 0 Å². The zero-order valence-corrected chi connectivity index (χ0v) is 16.0. The molecular formula is C21H18FN3O2S. The normalized spacial score (nSPS) is 15.8. The first kappa shape index (κ1) is 18.3. The number of benzene rings is 2. The first-order valence-corrected chi connectivity index (χ1v) is 9.69. The standard InChI is InChI=1S/C21H18FN3O2S/c1-13-7-8-14(10-17(13)22)9-16-12-23-21(28-16)24-20(26)18-11-19(27-25-18)15-5-3-2-4-6-15/h2-8,10,12,19H,9,11H2,1H3,(H,23,24,26). The predicted molar refractivity (Wildman–Crippen MR) is 107 cm³/mol. The van der Waals surface area contributed by atoms with E-state index in [0.717, 1.165) is 16.0 Å². The molecule has 0 radical (unpaired) electrons. The summed E-state index contributed by atoms with van der Waals surface area (Å²) in [5.74, 6) is -0.538. The SMILES string of the molecule is Cc1ccc(Cc2cnc(NC(=O)C3=NOC(c4ccccc4)C3)s2)cc1F. The fourth-order valence-electron chi connectivity index (χ4n) is 2.92. The van der Waals surface area contributed by atoms with Crippen LogP contribution >= 0.6 is 11.3 Å². The quantitative estimate of drug-likeness (QED) is 0.685. The van der Waals surface area contributed by atoms with Crippen LogP contribution in [-0.4, -0.2) is 16.6 Å². The van der Waals surface area contributed by atoms with Gasteiger partial charge in [-0.25, -0.2) is 9.37 Å². The maximum atomic E-state index is 13.7. The highest BCUT2D eigenvalue weighted by Gasteiger charge is 2.27. The first-order valence-electron chi connectivity index (χ1n) is 8.87. The molecule has 1 N–H and O–H groups in total. The van der Waals surface area contributed by atoms with Gasteiger partial charge in [0.1, 0.15) is 11.5 Å². The van der Waals surface area contributed by atoms with Crippen LogP contribution in [0.5, 0.6) is 0 Å². The summed E-state index contributed by atoms with van der Waals surface area (Å²) in [6.07, 6.45) is 2.42. The number of carbonyl (C=O) groups is 1. The zero-order valence-electron chi connectivity index (χ0n) is 15.2. The highest BCUT2D eigenvalue weighted by molar-refractivity contribution is 7.15. The number of hydrogen-bond acceptors (Lipinski definition) is 5. The number of rotatable bonds is 5. The van der Waals surface area contributed by atoms with Crippen molar-refractivity contribution in [3.63, 3.8) is 0 Å². The van der Waals surface area contributed by atoms with Crippen molar-refractivity contribution in [1.82, 2.24) is 4.98 Å². The largest absolute Gasteiger partial charge is 0.387 e. The Hall–Kier alpha value is -3.06. The lowest BCUT2D eigenvalue weighted by Crippen LogP contribution is -2.21. The minimum Gasteiger partial charge on any atom is -0.387 e. The van der Waals surface area contributed by atoms with Gasteiger partial charge in [-0.3, -0.25) is 10.1 Å². The van der Waals surface area contributed by atoms with E-state index in [1.807, 2.05) is 36.4 Å². The van der Waals surface area contributed by atoms with Gasteiger partial charge in [0.05, 0.1) is 0 Å². The van der Waals surface area contributed by atoms with E-state index in [1.54, 1.807) is 19.2 Å². The van der Waals surface area contributed by atoms with Gasteiger partial charge in [0, 0.05) is 23.9 Å². The van der Waals surface area contributed by atoms with Gasteiger partial charge in [0.25, 0.3) is 5.91 Å². The predicted octanol–water partition coefficient (Wildman–Crippen LogP) is 4.64. The summed E-state index contributed by atoms with van der Waals surface area (Å²) in [7, 11) is 0. The fourth-order valence-corrected chi connectivity index (χ4v) is 3.76. The molecule has 1 amide bonds. The molecule has 0 aliphatic carbocycles. The lowest BCUT2D eigenvalue weighted by molar-refractivity contribution is -0.110. The van der Waals surface area contributed by atoms with Gasteiger partial charge in [-0.05, 0) is 29.7 Å². The van der Waals surface area contributed by atoms with Crippen LogP contribution in [0.15, 0.2) is 59.9 Å². The molecule has 0 bridgehead atoms. The third-order valence-corrected chi connectivity index (χ3v) is 5.40. The Bertz CT molecular complexity index is 1030. The summed E-state index contributed by atoms with van der Waals surface area (Å²) >= 11 is 1.36. The highest BCUT2D eigenvalue weighted by Crippen LogP contribution is 2.28. The molecule has 1 atom stereocenters. The zero-order chi connectivity index (χ0) is 19.5. The third kappa shape index (κ3) is 4.09. The van der Waals surface area contributed by atoms with E-state index in [-0.39, 0.29) is 17.8 Å². The maximum absolute atomic E-state index is 13.7. The van der Waals surface area contributed by atoms with Crippen molar-refractivity contribution in [3.8, 4) is 0 Å². The third-order valence-electron chi connectivity index (χ3n) is 4.49. The number of aromatic nitrogens is 1. The van der Waals surface area contributed by atoms with Gasteiger partial charge in [0.15, 0.2) is 11.2 Å². The van der Waals surface area contributed by atoms with Gasteiger partial charge in [0.2, 0.25) is 0 Å². The number of thiazole rings is 1. The molecule has 28 heavy (non-hydrogen) atoms. The summed E-state index contributed by atoms with van der Waals surface area (Å²) in [5, 5.41) is 7.17. The molecule has 0 fully saturated rings. The number of aryl methyl sites for hydroxylation is 1. The molecule has 3 aromatic rings. The molecule has 2 aromatic carbocycles. The number of amides is 1. The molecule has 142 valence electrons. The summed E-state index contributed by atoms with van der Waals surface area (Å²) in [6, 6.07) is 14.9. The maximum Gasteiger partial charge on any atom is 0.275 e. The second kappa shape index (κ2) is 7.90. The number of carbonyl (C=O) groups excluding carboxylic acids is 1. The van der Waals surface area contributed by atoms with E-state index in [0.29, 0.717) is 29.2 Å². The summed E-state index contributed by atoms with van der Waals surface area (Å²) in [6.45, 7) is 1.73. The van der Waals surface area contributed by atoms with E-state index < -0.39 is 0 Å². The number of nitrogens with zero attached hydrogens (tertiary/aromatic N) is 2. The topological polar surface area (TPSA) is 63.6 Å². The van der Waals surface area contributed by atoms with Crippen LogP contribution in [0.2, 0.25) is 0 Å². The van der Waals surface area contributed by atoms with Crippen LogP contribution in [0.4, 0.5) is 9.52 Å². The molecule has 0 saturated heterocycles. The Morgan fingerprint density at radius 3 is 2.89 bits per heavy atom. The van der Waals surface area contributed by atoms with Crippen LogP contribution in [0, 0.1) is 12.7 Å². The molecule has 1 aromatic heterocycles. The number of hydrogen-bond donors (Lipinski definition) is 1. The van der Waals surface area contributed by atoms with Gasteiger partial charge >= 0.3 is 0 Å². The molecule has 2 heterocycles. The van der Waals surface area contributed by atoms with Crippen molar-refractivity contribution in [2.45, 2.75) is 25.9 Å². The Labute approximate surface area is 165 Å². The summed E-state index contributed by atoms with van der Waals surface area (Å²) in [5.41, 5.74) is 2.81. The smallest absolute Gasteiger partial charge is 0.275 e. The van der Waals surface area contributed by atoms with E-state index in [9.17, 15) is 9.18 Å². The van der Waals surface area contributed by atoms with Gasteiger partial charge < -0.3 is 4.84 Å². The minimum atomic E-state index is -0.319. The average Bonchev–Trinajstić information content (AvgIpc) is 3.35. The van der Waals surface area contributed by atoms with Crippen LogP contribution < -0.4 is 5.32 Å². The number of nitrogens with one attached hydrogen (secondary N) is 1. The van der Waals surface area contributed by atoms with Crippen molar-refractivity contribution in [3.05, 3.63) is 82.1 Å². The average molecular weight is 395 g/mol. The fraction of sp³-hybridized carbons (Fsp3) is 0.190. The van der Waals surface area contributed by atoms with Crippen molar-refractivity contribution in [2.24, 2.45) is 5.16 Å². The number of halogens is 1. The molecule has 1 aliphatic heterocycles. The monoisotopic (exact) mass is 395 g/mol. The summed E-state index contributed by atoms with van der Waals surface area (Å²) < 4.78 is 13.7. The van der Waals surface area contributed by atoms with Crippen molar-refractivity contribution in [1.29, 1.82) is 0 Å². The van der Waals surface area contributed by atoms with Crippen LogP contribution in [0.25, 0.3) is 0 Å². The van der Waals surface area contributed by atoms with Crippen molar-refractivity contribution >= 4 is 28.1 Å².